The Hall–Kier alpha value is -1.14. The second kappa shape index (κ2) is 6.79. The molecule has 2 atom stereocenters. The molecule has 0 aromatic carbocycles. The lowest BCUT2D eigenvalue weighted by atomic mass is 9.49. The van der Waals surface area contributed by atoms with Gasteiger partial charge in [-0.15, -0.1) is 0 Å². The Kier molecular flexibility index (Phi) is 4.76. The van der Waals surface area contributed by atoms with Gasteiger partial charge in [0.1, 0.15) is 5.60 Å². The van der Waals surface area contributed by atoms with Gasteiger partial charge >= 0.3 is 0 Å². The predicted octanol–water partition coefficient (Wildman–Crippen LogP) is 1.37. The molecular formula is C20H32N2O4. The highest BCUT2D eigenvalue weighted by Gasteiger charge is 2.51. The van der Waals surface area contributed by atoms with Crippen LogP contribution in [0.2, 0.25) is 0 Å². The Labute approximate surface area is 155 Å². The van der Waals surface area contributed by atoms with Crippen molar-refractivity contribution >= 4 is 11.8 Å². The van der Waals surface area contributed by atoms with Crippen LogP contribution >= 0.6 is 0 Å². The van der Waals surface area contributed by atoms with Gasteiger partial charge in [0.05, 0.1) is 12.6 Å². The molecule has 1 saturated heterocycles. The van der Waals surface area contributed by atoms with Crippen molar-refractivity contribution in [2.45, 2.75) is 70.0 Å². The summed E-state index contributed by atoms with van der Waals surface area (Å²) >= 11 is 0. The number of nitrogens with one attached hydrogen (secondary N) is 2. The van der Waals surface area contributed by atoms with Crippen LogP contribution in [0.25, 0.3) is 0 Å². The number of carbonyl (C=O) groups is 2. The highest BCUT2D eigenvalue weighted by Crippen LogP contribution is 2.61. The summed E-state index contributed by atoms with van der Waals surface area (Å²) in [4.78, 5) is 24.5. The monoisotopic (exact) mass is 364 g/mol. The SMILES string of the molecule is C[C@@H]1OCC[C@]1(O)CNC(=O)CNC(=O)CC12CC3CC(CC(C3)C1)C2. The number of carbonyl (C=O) groups excluding carboxylic acids is 2. The maximum absolute atomic E-state index is 12.4. The summed E-state index contributed by atoms with van der Waals surface area (Å²) in [5.74, 6) is 2.23. The van der Waals surface area contributed by atoms with Crippen LogP contribution in [0.15, 0.2) is 0 Å². The van der Waals surface area contributed by atoms with Gasteiger partial charge in [0.2, 0.25) is 11.8 Å². The number of rotatable bonds is 6. The Balaban J connectivity index is 1.21. The van der Waals surface area contributed by atoms with Gasteiger partial charge in [0.25, 0.3) is 0 Å². The van der Waals surface area contributed by atoms with Crippen LogP contribution < -0.4 is 10.6 Å². The standard InChI is InChI=1S/C20H32N2O4/c1-13-20(25,2-3-26-13)12-22-18(24)11-21-17(23)10-19-7-14-4-15(8-19)6-16(5-14)9-19/h13-16,25H,2-12H2,1H3,(H,21,23)(H,22,24)/t13-,14?,15?,16?,19?,20-/m0/s1. The molecular weight excluding hydrogens is 332 g/mol. The lowest BCUT2D eigenvalue weighted by Gasteiger charge is -2.56. The van der Waals surface area contributed by atoms with E-state index >= 15 is 0 Å². The van der Waals surface area contributed by atoms with Crippen LogP contribution in [-0.4, -0.2) is 48.3 Å². The van der Waals surface area contributed by atoms with Gasteiger partial charge in [-0.1, -0.05) is 0 Å². The molecule has 1 heterocycles. The summed E-state index contributed by atoms with van der Waals surface area (Å²) < 4.78 is 5.36. The Bertz CT molecular complexity index is 543. The fraction of sp³-hybridized carbons (Fsp3) is 0.900. The molecule has 4 bridgehead atoms. The maximum atomic E-state index is 12.4. The molecule has 3 N–H and O–H groups in total. The van der Waals surface area contributed by atoms with Gasteiger partial charge in [-0.25, -0.2) is 0 Å². The first-order chi connectivity index (χ1) is 12.4. The van der Waals surface area contributed by atoms with Crippen molar-refractivity contribution in [2.75, 3.05) is 19.7 Å². The maximum Gasteiger partial charge on any atom is 0.239 e. The van der Waals surface area contributed by atoms with Crippen LogP contribution in [0, 0.1) is 23.2 Å². The van der Waals surface area contributed by atoms with Crippen molar-refractivity contribution < 1.29 is 19.4 Å². The van der Waals surface area contributed by atoms with E-state index < -0.39 is 5.60 Å². The van der Waals surface area contributed by atoms with Gasteiger partial charge in [-0.3, -0.25) is 9.59 Å². The largest absolute Gasteiger partial charge is 0.385 e. The molecule has 146 valence electrons. The summed E-state index contributed by atoms with van der Waals surface area (Å²) in [6.45, 7) is 2.47. The normalized spacial score (nSPS) is 43.5. The van der Waals surface area contributed by atoms with Crippen LogP contribution in [0.5, 0.6) is 0 Å². The molecule has 4 aliphatic carbocycles. The van der Waals surface area contributed by atoms with Gasteiger partial charge in [0.15, 0.2) is 0 Å². The molecule has 0 unspecified atom stereocenters. The van der Waals surface area contributed by atoms with E-state index in [0.29, 0.717) is 19.4 Å². The van der Waals surface area contributed by atoms with Crippen molar-refractivity contribution in [3.63, 3.8) is 0 Å². The predicted molar refractivity (Wildman–Crippen MR) is 96.2 cm³/mol. The second-order valence-electron chi connectivity index (χ2n) is 9.51. The fourth-order valence-electron chi connectivity index (χ4n) is 6.41. The summed E-state index contributed by atoms with van der Waals surface area (Å²) in [5.41, 5.74) is -0.806. The molecule has 0 spiro atoms. The topological polar surface area (TPSA) is 87.7 Å². The summed E-state index contributed by atoms with van der Waals surface area (Å²) in [7, 11) is 0. The number of amides is 2. The summed E-state index contributed by atoms with van der Waals surface area (Å²) in [6.07, 6.45) is 8.51. The van der Waals surface area contributed by atoms with E-state index in [1.54, 1.807) is 0 Å². The zero-order valence-corrected chi connectivity index (χ0v) is 15.8. The highest BCUT2D eigenvalue weighted by molar-refractivity contribution is 5.85. The lowest BCUT2D eigenvalue weighted by molar-refractivity contribution is -0.132. The Morgan fingerprint density at radius 3 is 2.19 bits per heavy atom. The molecule has 0 aromatic rings. The average molecular weight is 364 g/mol. The molecule has 2 amide bonds. The third kappa shape index (κ3) is 3.63. The van der Waals surface area contributed by atoms with E-state index in [4.69, 9.17) is 4.74 Å². The van der Waals surface area contributed by atoms with E-state index in [-0.39, 0.29) is 36.4 Å². The first-order valence-electron chi connectivity index (χ1n) is 10.2. The minimum atomic E-state index is -1.00. The average Bonchev–Trinajstić information content (AvgIpc) is 2.89. The second-order valence-corrected chi connectivity index (χ2v) is 9.51. The molecule has 6 nitrogen and oxygen atoms in total. The minimum Gasteiger partial charge on any atom is -0.385 e. The first-order valence-corrected chi connectivity index (χ1v) is 10.2. The van der Waals surface area contributed by atoms with Crippen molar-refractivity contribution in [1.29, 1.82) is 0 Å². The zero-order chi connectivity index (χ0) is 18.4. The van der Waals surface area contributed by atoms with Crippen LogP contribution in [0.4, 0.5) is 0 Å². The van der Waals surface area contributed by atoms with E-state index in [9.17, 15) is 14.7 Å². The van der Waals surface area contributed by atoms with Crippen LogP contribution in [-0.2, 0) is 14.3 Å². The smallest absolute Gasteiger partial charge is 0.239 e. The number of hydrogen-bond donors (Lipinski definition) is 3. The first kappa shape index (κ1) is 18.2. The highest BCUT2D eigenvalue weighted by atomic mass is 16.5. The van der Waals surface area contributed by atoms with Crippen molar-refractivity contribution in [3.8, 4) is 0 Å². The molecule has 5 rings (SSSR count). The van der Waals surface area contributed by atoms with E-state index in [1.165, 1.54) is 38.5 Å². The molecule has 0 aromatic heterocycles. The number of aliphatic hydroxyl groups is 1. The van der Waals surface area contributed by atoms with Gasteiger partial charge in [-0.2, -0.15) is 0 Å². The summed E-state index contributed by atoms with van der Waals surface area (Å²) in [5, 5.41) is 15.9. The molecule has 0 radical (unpaired) electrons. The lowest BCUT2D eigenvalue weighted by Crippen LogP contribution is -2.50. The Morgan fingerprint density at radius 1 is 1.04 bits per heavy atom. The molecule has 6 heteroatoms. The zero-order valence-electron chi connectivity index (χ0n) is 15.8. The fourth-order valence-corrected chi connectivity index (χ4v) is 6.41. The molecule has 5 fully saturated rings. The molecule has 4 saturated carbocycles. The Morgan fingerprint density at radius 2 is 1.65 bits per heavy atom. The quantitative estimate of drug-likeness (QED) is 0.664. The van der Waals surface area contributed by atoms with E-state index in [0.717, 1.165) is 17.8 Å². The van der Waals surface area contributed by atoms with Crippen molar-refractivity contribution in [1.82, 2.24) is 10.6 Å². The minimum absolute atomic E-state index is 0.00150. The third-order valence-corrected chi connectivity index (χ3v) is 7.40. The van der Waals surface area contributed by atoms with Crippen LogP contribution in [0.3, 0.4) is 0 Å². The molecule has 26 heavy (non-hydrogen) atoms. The summed E-state index contributed by atoms with van der Waals surface area (Å²) in [6, 6.07) is 0. The van der Waals surface area contributed by atoms with Gasteiger partial charge in [0, 0.05) is 26.0 Å². The van der Waals surface area contributed by atoms with Crippen LogP contribution in [0.1, 0.15) is 58.3 Å². The van der Waals surface area contributed by atoms with Gasteiger partial charge < -0.3 is 20.5 Å². The third-order valence-electron chi connectivity index (χ3n) is 7.40. The van der Waals surface area contributed by atoms with Crippen molar-refractivity contribution in [3.05, 3.63) is 0 Å². The van der Waals surface area contributed by atoms with E-state index in [2.05, 4.69) is 10.6 Å². The van der Waals surface area contributed by atoms with E-state index in [1.807, 2.05) is 6.92 Å². The number of hydrogen-bond acceptors (Lipinski definition) is 4. The molecule has 1 aliphatic heterocycles. The number of ether oxygens (including phenoxy) is 1. The van der Waals surface area contributed by atoms with Gasteiger partial charge in [-0.05, 0) is 68.6 Å². The molecule has 5 aliphatic rings. The van der Waals surface area contributed by atoms with Crippen molar-refractivity contribution in [2.24, 2.45) is 23.2 Å².